The Bertz CT molecular complexity index is 2990. The first-order chi connectivity index (χ1) is 37.8. The van der Waals surface area contributed by atoms with E-state index < -0.39 is 17.9 Å². The van der Waals surface area contributed by atoms with Gasteiger partial charge in [-0.05, 0) is 205 Å². The number of esters is 3. The van der Waals surface area contributed by atoms with Crippen molar-refractivity contribution in [3.63, 3.8) is 0 Å². The van der Waals surface area contributed by atoms with Crippen molar-refractivity contribution in [3.8, 4) is 17.2 Å². The lowest BCUT2D eigenvalue weighted by atomic mass is 9.72. The van der Waals surface area contributed by atoms with Crippen LogP contribution in [-0.4, -0.2) is 17.9 Å². The van der Waals surface area contributed by atoms with Crippen LogP contribution in [-0.2, 0) is 14.4 Å². The Hall–Kier alpha value is -7.31. The minimum absolute atomic E-state index is 0.169. The van der Waals surface area contributed by atoms with Crippen molar-refractivity contribution in [2.24, 2.45) is 16.2 Å². The summed E-state index contributed by atoms with van der Waals surface area (Å²) in [6.45, 7) is 32.4. The maximum absolute atomic E-state index is 13.3. The van der Waals surface area contributed by atoms with E-state index in [9.17, 15) is 14.4 Å². The summed E-state index contributed by atoms with van der Waals surface area (Å²) in [6, 6.07) is 12.1. The first-order valence-corrected chi connectivity index (χ1v) is 28.6. The van der Waals surface area contributed by atoms with Gasteiger partial charge in [0.25, 0.3) is 0 Å². The highest BCUT2D eigenvalue weighted by Crippen LogP contribution is 2.43. The van der Waals surface area contributed by atoms with Crippen molar-refractivity contribution in [1.82, 2.24) is 0 Å². The molecule has 0 bridgehead atoms. The summed E-state index contributed by atoms with van der Waals surface area (Å²) in [5, 5.41) is 0. The van der Waals surface area contributed by atoms with Crippen molar-refractivity contribution in [2.45, 2.75) is 162 Å². The van der Waals surface area contributed by atoms with Crippen LogP contribution in [0.25, 0.3) is 12.2 Å². The lowest BCUT2D eigenvalue weighted by Gasteiger charge is -2.33. The molecule has 0 aromatic heterocycles. The van der Waals surface area contributed by atoms with Gasteiger partial charge in [0, 0.05) is 24.3 Å². The largest absolute Gasteiger partial charge is 0.423 e. The maximum Gasteiger partial charge on any atom is 0.336 e. The second kappa shape index (κ2) is 29.8. The predicted molar refractivity (Wildman–Crippen MR) is 337 cm³/mol. The molecule has 0 aliphatic heterocycles. The highest BCUT2D eigenvalue weighted by Gasteiger charge is 2.28. The number of hydrogen-bond acceptors (Lipinski definition) is 6. The summed E-state index contributed by atoms with van der Waals surface area (Å²) >= 11 is 0. The molecule has 0 saturated carbocycles. The summed E-state index contributed by atoms with van der Waals surface area (Å²) in [5.41, 5.74) is 16.1. The van der Waals surface area contributed by atoms with Crippen LogP contribution in [0.4, 0.5) is 0 Å². The monoisotopic (exact) mass is 1070 g/mol. The molecule has 0 fully saturated rings. The molecule has 0 radical (unpaired) electrons. The molecule has 2 aromatic rings. The zero-order valence-electron chi connectivity index (χ0n) is 50.9. The molecule has 2 aromatic carbocycles. The van der Waals surface area contributed by atoms with E-state index >= 15 is 0 Å². The van der Waals surface area contributed by atoms with Gasteiger partial charge in [-0.15, -0.1) is 0 Å². The summed E-state index contributed by atoms with van der Waals surface area (Å²) in [6.07, 6.45) is 49.5. The van der Waals surface area contributed by atoms with Crippen molar-refractivity contribution >= 4 is 30.1 Å². The average Bonchev–Trinajstić information content (AvgIpc) is 3.35. The molecule has 6 nitrogen and oxygen atoms in total. The summed E-state index contributed by atoms with van der Waals surface area (Å²) in [5.74, 6) is -0.811. The first-order valence-electron chi connectivity index (χ1n) is 28.6. The molecule has 6 heteroatoms. The van der Waals surface area contributed by atoms with Gasteiger partial charge < -0.3 is 14.2 Å². The zero-order valence-corrected chi connectivity index (χ0v) is 50.9. The number of allylic oxidation sites excluding steroid dienone is 27. The van der Waals surface area contributed by atoms with Gasteiger partial charge in [0.1, 0.15) is 17.2 Å². The summed E-state index contributed by atoms with van der Waals surface area (Å²) in [4.78, 5) is 39.5. The smallest absolute Gasteiger partial charge is 0.336 e. The quantitative estimate of drug-likeness (QED) is 0.0432. The Labute approximate surface area is 481 Å². The van der Waals surface area contributed by atoms with E-state index in [0.29, 0.717) is 22.5 Å². The van der Waals surface area contributed by atoms with Gasteiger partial charge in [-0.3, -0.25) is 0 Å². The van der Waals surface area contributed by atoms with E-state index in [1.807, 2.05) is 99.7 Å². The molecule has 0 heterocycles. The number of carbonyl (C=O) groups excluding carboxylic acids is 3. The zero-order chi connectivity index (χ0) is 58.6. The molecule has 0 N–H and O–H groups in total. The van der Waals surface area contributed by atoms with E-state index in [1.165, 1.54) is 96.3 Å². The standard InChI is InChI=1S/C74H90O6/c1-52(31-40-66-58(7)28-19-43-72(66,10)11)22-16-25-55(4)46-69(75)78-63-38-36-61(37-39-63)34-35-62-49-64(79-70(76)47-56(5)26-17-23-53(2)32-41-67-59(8)29-20-44-73(67,12)13)51-65(50-62)80-71(77)48-57(6)27-18-24-54(3)33-42-68-60(9)30-21-45-74(68,14)15/h16-18,22-27,31-42,46-51H,19-21,28-30,43-45H2,1-15H3/b25-16+,26-17+,27-18+,35-34+,40-31+,41-32+,42-33+,52-22+,53-23+,54-24+,55-46+,56-47+,57-48+. The molecule has 422 valence electrons. The molecule has 0 unspecified atom stereocenters. The third-order valence-electron chi connectivity index (χ3n) is 15.3. The van der Waals surface area contributed by atoms with E-state index in [4.69, 9.17) is 14.2 Å². The SMILES string of the molecule is CC1=C(/C=C/C(C)=C/C=C/C(C)=C/C(=O)Oc2ccc(/C=C/c3cc(OC(=O)/C=C(C)/C=C/C=C(C)/C=C/C4=C(C)CCCC4(C)C)cc(OC(=O)/C=C(C)/C=C/C=C(C)/C=C/C4=C(C)CCCC4(C)C)c3)cc2)C(C)(C)CCC1. The Balaban J connectivity index is 1.27. The van der Waals surface area contributed by atoms with Crippen LogP contribution in [0.2, 0.25) is 0 Å². The third kappa shape index (κ3) is 21.1. The molecule has 0 atom stereocenters. The lowest BCUT2D eigenvalue weighted by molar-refractivity contribution is -0.130. The minimum atomic E-state index is -0.574. The normalized spacial score (nSPS) is 19.1. The Morgan fingerprint density at radius 2 is 0.700 bits per heavy atom. The van der Waals surface area contributed by atoms with Gasteiger partial charge >= 0.3 is 17.9 Å². The van der Waals surface area contributed by atoms with Gasteiger partial charge in [0.2, 0.25) is 0 Å². The van der Waals surface area contributed by atoms with Gasteiger partial charge in [-0.2, -0.15) is 0 Å². The first kappa shape index (κ1) is 63.5. The van der Waals surface area contributed by atoms with Crippen LogP contribution < -0.4 is 14.2 Å². The van der Waals surface area contributed by atoms with E-state index in [0.717, 1.165) is 47.1 Å². The average molecular weight is 1080 g/mol. The van der Waals surface area contributed by atoms with Gasteiger partial charge in [-0.1, -0.05) is 190 Å². The van der Waals surface area contributed by atoms with Crippen molar-refractivity contribution in [3.05, 3.63) is 230 Å². The van der Waals surface area contributed by atoms with Crippen LogP contribution >= 0.6 is 0 Å². The van der Waals surface area contributed by atoms with Crippen LogP contribution in [0.3, 0.4) is 0 Å². The number of hydrogen-bond donors (Lipinski definition) is 0. The Morgan fingerprint density at radius 3 is 1.02 bits per heavy atom. The topological polar surface area (TPSA) is 78.9 Å². The molecule has 80 heavy (non-hydrogen) atoms. The predicted octanol–water partition coefficient (Wildman–Crippen LogP) is 20.2. The summed E-state index contributed by atoms with van der Waals surface area (Å²) < 4.78 is 17.3. The molecular formula is C74H90O6. The van der Waals surface area contributed by atoms with Crippen molar-refractivity contribution < 1.29 is 28.6 Å². The second-order valence-corrected chi connectivity index (χ2v) is 24.2. The number of ether oxygens (including phenoxy) is 3. The molecule has 0 amide bonds. The van der Waals surface area contributed by atoms with Crippen LogP contribution in [0, 0.1) is 16.2 Å². The minimum Gasteiger partial charge on any atom is -0.423 e. The van der Waals surface area contributed by atoms with E-state index in [2.05, 4.69) is 120 Å². The van der Waals surface area contributed by atoms with Crippen LogP contribution in [0.15, 0.2) is 219 Å². The lowest BCUT2D eigenvalue weighted by Crippen LogP contribution is -2.19. The Kier molecular flexibility index (Phi) is 23.6. The van der Waals surface area contributed by atoms with Crippen LogP contribution in [0.5, 0.6) is 17.2 Å². The number of carbonyl (C=O) groups is 3. The number of rotatable bonds is 20. The Morgan fingerprint density at radius 1 is 0.388 bits per heavy atom. The molecule has 0 spiro atoms. The van der Waals surface area contributed by atoms with Gasteiger partial charge in [-0.25, -0.2) is 14.4 Å². The van der Waals surface area contributed by atoms with Crippen LogP contribution in [0.1, 0.15) is 173 Å². The van der Waals surface area contributed by atoms with Gasteiger partial charge in [0.15, 0.2) is 0 Å². The molecule has 3 aliphatic carbocycles. The van der Waals surface area contributed by atoms with E-state index in [1.54, 1.807) is 24.3 Å². The van der Waals surface area contributed by atoms with Crippen molar-refractivity contribution in [2.75, 3.05) is 0 Å². The molecular weight excluding hydrogens is 985 g/mol. The van der Waals surface area contributed by atoms with E-state index in [-0.39, 0.29) is 27.7 Å². The number of benzene rings is 2. The third-order valence-corrected chi connectivity index (χ3v) is 15.3. The fourth-order valence-electron chi connectivity index (χ4n) is 10.7. The fraction of sp³-hybridized carbons (Fsp3) is 0.365. The second-order valence-electron chi connectivity index (χ2n) is 24.2. The van der Waals surface area contributed by atoms with Crippen molar-refractivity contribution in [1.29, 1.82) is 0 Å². The molecule has 5 rings (SSSR count). The fourth-order valence-corrected chi connectivity index (χ4v) is 10.7. The maximum atomic E-state index is 13.3. The van der Waals surface area contributed by atoms with Gasteiger partial charge in [0.05, 0.1) is 0 Å². The molecule has 3 aliphatic rings. The molecule has 0 saturated heterocycles. The summed E-state index contributed by atoms with van der Waals surface area (Å²) in [7, 11) is 0. The highest BCUT2D eigenvalue weighted by molar-refractivity contribution is 5.87. The highest BCUT2D eigenvalue weighted by atomic mass is 16.5.